The molecule has 1 unspecified atom stereocenters. The normalized spacial score (nSPS) is 13.6. The molecule has 0 amide bonds. The van der Waals surface area contributed by atoms with Gasteiger partial charge in [0.1, 0.15) is 0 Å². The Morgan fingerprint density at radius 3 is 2.38 bits per heavy atom. The van der Waals surface area contributed by atoms with Crippen LogP contribution in [0.5, 0.6) is 0 Å². The number of hydrogen-bond acceptors (Lipinski definition) is 2. The minimum Gasteiger partial charge on any atom is -0.350 e. The van der Waals surface area contributed by atoms with Crippen LogP contribution < -0.4 is 0 Å². The average molecular weight is 187 g/mol. The van der Waals surface area contributed by atoms with E-state index in [2.05, 4.69) is 6.92 Å². The number of unbranched alkanes of at least 4 members (excludes halogenated alkanes) is 2. The van der Waals surface area contributed by atoms with Crippen LogP contribution in [-0.2, 0) is 9.47 Å². The highest BCUT2D eigenvalue weighted by atomic mass is 16.7. The molecule has 79 valence electrons. The van der Waals surface area contributed by atoms with Crippen molar-refractivity contribution in [3.63, 3.8) is 0 Å². The van der Waals surface area contributed by atoms with Crippen molar-refractivity contribution in [1.82, 2.24) is 0 Å². The van der Waals surface area contributed by atoms with E-state index in [-0.39, 0.29) is 12.4 Å². The van der Waals surface area contributed by atoms with Crippen LogP contribution in [0.1, 0.15) is 53.4 Å². The lowest BCUT2D eigenvalue weighted by molar-refractivity contribution is -0.146. The molecule has 0 fully saturated rings. The molecule has 13 heavy (non-hydrogen) atoms. The van der Waals surface area contributed by atoms with Crippen LogP contribution >= 0.6 is 0 Å². The van der Waals surface area contributed by atoms with Crippen molar-refractivity contribution >= 4 is 0 Å². The fraction of sp³-hybridized carbons (Fsp3) is 0.909. The third-order valence-electron chi connectivity index (χ3n) is 1.76. The Morgan fingerprint density at radius 2 is 1.92 bits per heavy atom. The van der Waals surface area contributed by atoms with Gasteiger partial charge in [0.25, 0.3) is 0 Å². The maximum atomic E-state index is 5.58. The quantitative estimate of drug-likeness (QED) is 0.427. The lowest BCUT2D eigenvalue weighted by Gasteiger charge is -2.19. The van der Waals surface area contributed by atoms with Gasteiger partial charge in [-0.2, -0.15) is 0 Å². The topological polar surface area (TPSA) is 18.5 Å². The number of hydrogen-bond donors (Lipinski definition) is 0. The molecule has 0 aromatic heterocycles. The summed E-state index contributed by atoms with van der Waals surface area (Å²) in [6.45, 7) is 9.86. The minimum atomic E-state index is -0.0449. The Morgan fingerprint density at radius 1 is 1.23 bits per heavy atom. The predicted molar refractivity (Wildman–Crippen MR) is 55.2 cm³/mol. The van der Waals surface area contributed by atoms with Gasteiger partial charge in [0, 0.05) is 0 Å². The third-order valence-corrected chi connectivity index (χ3v) is 1.76. The van der Waals surface area contributed by atoms with Gasteiger partial charge in [0.2, 0.25) is 0 Å². The van der Waals surface area contributed by atoms with Gasteiger partial charge in [-0.15, -0.1) is 0 Å². The summed E-state index contributed by atoms with van der Waals surface area (Å²) < 4.78 is 10.9. The smallest absolute Gasteiger partial charge is 0.158 e. The molecule has 0 aliphatic rings. The molecular formula is C11H23O2. The van der Waals surface area contributed by atoms with Gasteiger partial charge in [0.15, 0.2) is 6.29 Å². The molecule has 0 aromatic rings. The second kappa shape index (κ2) is 8.52. The molecule has 0 heterocycles. The zero-order valence-corrected chi connectivity index (χ0v) is 9.38. The van der Waals surface area contributed by atoms with Crippen molar-refractivity contribution in [2.75, 3.05) is 0 Å². The molecule has 1 atom stereocenters. The molecule has 2 nitrogen and oxygen atoms in total. The molecule has 0 rings (SSSR count). The summed E-state index contributed by atoms with van der Waals surface area (Å²) in [4.78, 5) is 0. The van der Waals surface area contributed by atoms with E-state index < -0.39 is 0 Å². The summed E-state index contributed by atoms with van der Waals surface area (Å²) in [6, 6.07) is 0. The second-order valence-corrected chi connectivity index (χ2v) is 3.48. The van der Waals surface area contributed by atoms with Crippen LogP contribution in [0.25, 0.3) is 0 Å². The molecule has 2 heteroatoms. The molecule has 0 saturated heterocycles. The number of rotatable bonds is 8. The molecule has 0 saturated carbocycles. The van der Waals surface area contributed by atoms with Crippen LogP contribution in [0.2, 0.25) is 0 Å². The second-order valence-electron chi connectivity index (χ2n) is 3.48. The summed E-state index contributed by atoms with van der Waals surface area (Å²) in [5.74, 6) is 0. The van der Waals surface area contributed by atoms with E-state index in [1.807, 2.05) is 20.8 Å². The van der Waals surface area contributed by atoms with E-state index in [9.17, 15) is 0 Å². The van der Waals surface area contributed by atoms with Crippen molar-refractivity contribution in [3.8, 4) is 0 Å². The molecule has 0 aliphatic heterocycles. The summed E-state index contributed by atoms with van der Waals surface area (Å²) >= 11 is 0. The molecule has 0 aliphatic carbocycles. The third kappa shape index (κ3) is 8.26. The lowest BCUT2D eigenvalue weighted by atomic mass is 10.2. The molecule has 0 bridgehead atoms. The van der Waals surface area contributed by atoms with Crippen molar-refractivity contribution in [2.45, 2.75) is 65.8 Å². The van der Waals surface area contributed by atoms with Gasteiger partial charge >= 0.3 is 0 Å². The fourth-order valence-corrected chi connectivity index (χ4v) is 1.18. The van der Waals surface area contributed by atoms with Gasteiger partial charge < -0.3 is 9.47 Å². The Kier molecular flexibility index (Phi) is 8.46. The SMILES string of the molecule is C[CH]OC(CCCCC)OC(C)C. The predicted octanol–water partition coefficient (Wildman–Crippen LogP) is 3.52. The Balaban J connectivity index is 3.53. The Bertz CT molecular complexity index is 102. The molecule has 0 spiro atoms. The van der Waals surface area contributed by atoms with Gasteiger partial charge in [-0.3, -0.25) is 0 Å². The molecule has 0 aromatic carbocycles. The highest BCUT2D eigenvalue weighted by Crippen LogP contribution is 2.11. The fourth-order valence-electron chi connectivity index (χ4n) is 1.18. The number of ether oxygens (including phenoxy) is 2. The molecular weight excluding hydrogens is 164 g/mol. The minimum absolute atomic E-state index is 0.0449. The summed E-state index contributed by atoms with van der Waals surface area (Å²) in [5.41, 5.74) is 0. The first kappa shape index (κ1) is 12.9. The Hall–Kier alpha value is -0.0800. The summed E-state index contributed by atoms with van der Waals surface area (Å²) in [5, 5.41) is 0. The first-order valence-corrected chi connectivity index (χ1v) is 5.29. The summed E-state index contributed by atoms with van der Waals surface area (Å²) in [6.07, 6.45) is 4.87. The highest BCUT2D eigenvalue weighted by Gasteiger charge is 2.09. The first-order valence-electron chi connectivity index (χ1n) is 5.29. The maximum Gasteiger partial charge on any atom is 0.158 e. The average Bonchev–Trinajstić information content (AvgIpc) is 2.04. The van der Waals surface area contributed by atoms with Crippen LogP contribution in [0, 0.1) is 6.61 Å². The lowest BCUT2D eigenvalue weighted by Crippen LogP contribution is -2.20. The Labute approximate surface area is 82.6 Å². The van der Waals surface area contributed by atoms with Crippen molar-refractivity contribution in [3.05, 3.63) is 6.61 Å². The first-order chi connectivity index (χ1) is 6.20. The summed E-state index contributed by atoms with van der Waals surface area (Å²) in [7, 11) is 0. The van der Waals surface area contributed by atoms with Crippen LogP contribution in [0.3, 0.4) is 0 Å². The standard InChI is InChI=1S/C11H23O2/c1-5-7-8-9-11(12-6-2)13-10(3)4/h6,10-11H,5,7-9H2,1-4H3. The van der Waals surface area contributed by atoms with Crippen molar-refractivity contribution < 1.29 is 9.47 Å². The van der Waals surface area contributed by atoms with Gasteiger partial charge in [-0.05, 0) is 33.6 Å². The maximum absolute atomic E-state index is 5.58. The van der Waals surface area contributed by atoms with Crippen LogP contribution in [0.15, 0.2) is 0 Å². The van der Waals surface area contributed by atoms with E-state index in [0.29, 0.717) is 0 Å². The monoisotopic (exact) mass is 187 g/mol. The van der Waals surface area contributed by atoms with E-state index in [4.69, 9.17) is 9.47 Å². The van der Waals surface area contributed by atoms with Crippen molar-refractivity contribution in [1.29, 1.82) is 0 Å². The zero-order chi connectivity index (χ0) is 10.1. The largest absolute Gasteiger partial charge is 0.350 e. The van der Waals surface area contributed by atoms with Gasteiger partial charge in [0.05, 0.1) is 12.7 Å². The molecule has 0 N–H and O–H groups in total. The van der Waals surface area contributed by atoms with Gasteiger partial charge in [-0.1, -0.05) is 19.8 Å². The highest BCUT2D eigenvalue weighted by molar-refractivity contribution is 4.51. The van der Waals surface area contributed by atoms with Crippen molar-refractivity contribution in [2.24, 2.45) is 0 Å². The van der Waals surface area contributed by atoms with Crippen LogP contribution in [-0.4, -0.2) is 12.4 Å². The zero-order valence-electron chi connectivity index (χ0n) is 9.38. The van der Waals surface area contributed by atoms with E-state index in [1.54, 1.807) is 6.61 Å². The van der Waals surface area contributed by atoms with E-state index in [1.165, 1.54) is 19.3 Å². The molecule has 1 radical (unpaired) electrons. The van der Waals surface area contributed by atoms with E-state index in [0.717, 1.165) is 6.42 Å². The van der Waals surface area contributed by atoms with Gasteiger partial charge in [-0.25, -0.2) is 0 Å². The van der Waals surface area contributed by atoms with E-state index >= 15 is 0 Å². The van der Waals surface area contributed by atoms with Crippen LogP contribution in [0.4, 0.5) is 0 Å².